The quantitative estimate of drug-likeness (QED) is 0.605. The molecule has 1 rings (SSSR count). The molecule has 0 bridgehead atoms. The molecule has 12 heavy (non-hydrogen) atoms. The maximum Gasteiger partial charge on any atom is 0.247 e. The van der Waals surface area contributed by atoms with Crippen molar-refractivity contribution in [3.05, 3.63) is 11.6 Å². The van der Waals surface area contributed by atoms with E-state index in [-0.39, 0.29) is 5.91 Å². The van der Waals surface area contributed by atoms with E-state index in [1.54, 1.807) is 0 Å². The number of hydrogen-bond acceptors (Lipinski definition) is 2. The number of hydrogen-bond donors (Lipinski definition) is 1. The molecule has 0 aromatic rings. The normalized spacial score (nSPS) is 23.3. The van der Waals surface area contributed by atoms with Crippen molar-refractivity contribution >= 4 is 5.91 Å². The molecule has 1 fully saturated rings. The molecule has 1 aliphatic heterocycles. The fourth-order valence-electron chi connectivity index (χ4n) is 1.14. The Balaban J connectivity index is 2.61. The highest BCUT2D eigenvalue weighted by atomic mass is 16.1. The summed E-state index contributed by atoms with van der Waals surface area (Å²) in [5.74, 6) is 0.101. The van der Waals surface area contributed by atoms with E-state index in [9.17, 15) is 4.79 Å². The summed E-state index contributed by atoms with van der Waals surface area (Å²) >= 11 is 0. The second-order valence-corrected chi connectivity index (χ2v) is 3.40. The van der Waals surface area contributed by atoms with Gasteiger partial charge in [-0.05, 0) is 27.4 Å². The molecule has 0 saturated carbocycles. The van der Waals surface area contributed by atoms with Crippen LogP contribution in [0.3, 0.4) is 0 Å². The second kappa shape index (κ2) is 3.72. The van der Waals surface area contributed by atoms with Gasteiger partial charge in [0.25, 0.3) is 0 Å². The SMILES string of the molecule is C[C@H](/C=C1\CCNC1=O)N(C)C. The van der Waals surface area contributed by atoms with Crippen LogP contribution in [0, 0.1) is 0 Å². The predicted molar refractivity (Wildman–Crippen MR) is 48.9 cm³/mol. The number of carbonyl (C=O) groups excluding carboxylic acids is 1. The Bertz CT molecular complexity index is 209. The Hall–Kier alpha value is -0.830. The maximum atomic E-state index is 11.1. The highest BCUT2D eigenvalue weighted by Gasteiger charge is 2.16. The van der Waals surface area contributed by atoms with Crippen LogP contribution >= 0.6 is 0 Å². The molecule has 1 atom stereocenters. The molecule has 0 aromatic heterocycles. The number of rotatable bonds is 2. The molecule has 0 radical (unpaired) electrons. The van der Waals surface area contributed by atoms with Crippen molar-refractivity contribution in [3.63, 3.8) is 0 Å². The van der Waals surface area contributed by atoms with E-state index < -0.39 is 0 Å². The van der Waals surface area contributed by atoms with Crippen molar-refractivity contribution < 1.29 is 4.79 Å². The Labute approximate surface area is 73.4 Å². The molecule has 1 heterocycles. The van der Waals surface area contributed by atoms with E-state index in [0.29, 0.717) is 6.04 Å². The van der Waals surface area contributed by atoms with Crippen molar-refractivity contribution in [1.29, 1.82) is 0 Å². The molecule has 3 nitrogen and oxygen atoms in total. The zero-order valence-corrected chi connectivity index (χ0v) is 7.92. The van der Waals surface area contributed by atoms with Gasteiger partial charge in [0.05, 0.1) is 0 Å². The number of amides is 1. The maximum absolute atomic E-state index is 11.1. The van der Waals surface area contributed by atoms with Gasteiger partial charge in [-0.2, -0.15) is 0 Å². The van der Waals surface area contributed by atoms with Gasteiger partial charge in [0, 0.05) is 18.2 Å². The smallest absolute Gasteiger partial charge is 0.247 e. The van der Waals surface area contributed by atoms with Gasteiger partial charge >= 0.3 is 0 Å². The second-order valence-electron chi connectivity index (χ2n) is 3.40. The first-order valence-electron chi connectivity index (χ1n) is 4.26. The predicted octanol–water partition coefficient (Wildman–Crippen LogP) is 0.383. The monoisotopic (exact) mass is 168 g/mol. The third-order valence-corrected chi connectivity index (χ3v) is 2.23. The Morgan fingerprint density at radius 3 is 2.67 bits per heavy atom. The van der Waals surface area contributed by atoms with Crippen LogP contribution in [-0.2, 0) is 4.79 Å². The fourth-order valence-corrected chi connectivity index (χ4v) is 1.14. The van der Waals surface area contributed by atoms with Gasteiger partial charge in [-0.3, -0.25) is 4.79 Å². The summed E-state index contributed by atoms with van der Waals surface area (Å²) in [6.07, 6.45) is 2.90. The molecular formula is C9H16N2O. The van der Waals surface area contributed by atoms with Gasteiger partial charge in [0.15, 0.2) is 0 Å². The third kappa shape index (κ3) is 2.08. The Kier molecular flexibility index (Phi) is 2.87. The zero-order valence-electron chi connectivity index (χ0n) is 7.92. The van der Waals surface area contributed by atoms with Crippen molar-refractivity contribution in [1.82, 2.24) is 10.2 Å². The molecule has 3 heteroatoms. The first-order chi connectivity index (χ1) is 5.61. The average molecular weight is 168 g/mol. The van der Waals surface area contributed by atoms with Gasteiger partial charge in [0.2, 0.25) is 5.91 Å². The standard InChI is InChI=1S/C9H16N2O/c1-7(11(2)3)6-8-4-5-10-9(8)12/h6-7H,4-5H2,1-3H3,(H,10,12)/b8-6+/t7-/m1/s1. The molecule has 68 valence electrons. The first kappa shape index (κ1) is 9.26. The Morgan fingerprint density at radius 1 is 1.58 bits per heavy atom. The largest absolute Gasteiger partial charge is 0.352 e. The molecule has 0 spiro atoms. The van der Waals surface area contributed by atoms with Crippen molar-refractivity contribution in [3.8, 4) is 0 Å². The van der Waals surface area contributed by atoms with E-state index in [1.807, 2.05) is 20.2 Å². The summed E-state index contributed by atoms with van der Waals surface area (Å²) in [7, 11) is 4.02. The van der Waals surface area contributed by atoms with Crippen LogP contribution in [0.15, 0.2) is 11.6 Å². The van der Waals surface area contributed by atoms with Crippen LogP contribution < -0.4 is 5.32 Å². The molecular weight excluding hydrogens is 152 g/mol. The van der Waals surface area contributed by atoms with Crippen LogP contribution in [0.25, 0.3) is 0 Å². The minimum Gasteiger partial charge on any atom is -0.352 e. The molecule has 1 N–H and O–H groups in total. The lowest BCUT2D eigenvalue weighted by atomic mass is 10.1. The third-order valence-electron chi connectivity index (χ3n) is 2.23. The number of nitrogens with one attached hydrogen (secondary N) is 1. The van der Waals surface area contributed by atoms with E-state index in [1.165, 1.54) is 0 Å². The van der Waals surface area contributed by atoms with Crippen LogP contribution in [0.1, 0.15) is 13.3 Å². The van der Waals surface area contributed by atoms with Crippen LogP contribution in [0.2, 0.25) is 0 Å². The van der Waals surface area contributed by atoms with Gasteiger partial charge < -0.3 is 10.2 Å². The van der Waals surface area contributed by atoms with Gasteiger partial charge in [0.1, 0.15) is 0 Å². The van der Waals surface area contributed by atoms with E-state index >= 15 is 0 Å². The molecule has 0 unspecified atom stereocenters. The number of nitrogens with zero attached hydrogens (tertiary/aromatic N) is 1. The summed E-state index contributed by atoms with van der Waals surface area (Å²) in [4.78, 5) is 13.2. The fraction of sp³-hybridized carbons (Fsp3) is 0.667. The van der Waals surface area contributed by atoms with Gasteiger partial charge in [-0.1, -0.05) is 6.08 Å². The number of likely N-dealkylation sites (N-methyl/N-ethyl adjacent to an activating group) is 1. The van der Waals surface area contributed by atoms with Crippen molar-refractivity contribution in [2.24, 2.45) is 0 Å². The molecule has 0 aromatic carbocycles. The van der Waals surface area contributed by atoms with Gasteiger partial charge in [-0.15, -0.1) is 0 Å². The summed E-state index contributed by atoms with van der Waals surface area (Å²) < 4.78 is 0. The van der Waals surface area contributed by atoms with E-state index in [0.717, 1.165) is 18.5 Å². The van der Waals surface area contributed by atoms with Gasteiger partial charge in [-0.25, -0.2) is 0 Å². The average Bonchev–Trinajstić information content (AvgIpc) is 2.36. The lowest BCUT2D eigenvalue weighted by molar-refractivity contribution is -0.116. The highest BCUT2D eigenvalue weighted by Crippen LogP contribution is 2.09. The van der Waals surface area contributed by atoms with Crippen LogP contribution in [-0.4, -0.2) is 37.5 Å². The van der Waals surface area contributed by atoms with Crippen LogP contribution in [0.5, 0.6) is 0 Å². The summed E-state index contributed by atoms with van der Waals surface area (Å²) in [6, 6.07) is 0.337. The highest BCUT2D eigenvalue weighted by molar-refractivity contribution is 5.95. The lowest BCUT2D eigenvalue weighted by Gasteiger charge is -2.15. The number of carbonyl (C=O) groups is 1. The zero-order chi connectivity index (χ0) is 9.14. The van der Waals surface area contributed by atoms with Crippen molar-refractivity contribution in [2.45, 2.75) is 19.4 Å². The minimum atomic E-state index is 0.101. The summed E-state index contributed by atoms with van der Waals surface area (Å²) in [5.41, 5.74) is 0.927. The van der Waals surface area contributed by atoms with E-state index in [4.69, 9.17) is 0 Å². The van der Waals surface area contributed by atoms with E-state index in [2.05, 4.69) is 17.1 Å². The molecule has 1 aliphatic rings. The lowest BCUT2D eigenvalue weighted by Crippen LogP contribution is -2.23. The van der Waals surface area contributed by atoms with Crippen molar-refractivity contribution in [2.75, 3.05) is 20.6 Å². The summed E-state index contributed by atoms with van der Waals surface area (Å²) in [6.45, 7) is 2.88. The Morgan fingerprint density at radius 2 is 2.25 bits per heavy atom. The topological polar surface area (TPSA) is 32.3 Å². The first-order valence-corrected chi connectivity index (χ1v) is 4.26. The molecule has 0 aliphatic carbocycles. The molecule has 1 amide bonds. The van der Waals surface area contributed by atoms with Crippen LogP contribution in [0.4, 0.5) is 0 Å². The minimum absolute atomic E-state index is 0.101. The molecule has 1 saturated heterocycles. The summed E-state index contributed by atoms with van der Waals surface area (Å²) in [5, 5.41) is 2.79.